The third-order valence-corrected chi connectivity index (χ3v) is 3.21. The Balaban J connectivity index is 2.22. The number of amides is 1. The highest BCUT2D eigenvalue weighted by Gasteiger charge is 2.13. The molecule has 0 aliphatic rings. The molecule has 1 amide bonds. The van der Waals surface area contributed by atoms with E-state index >= 15 is 0 Å². The van der Waals surface area contributed by atoms with E-state index in [1.165, 1.54) is 6.07 Å². The molecule has 1 aromatic heterocycles. The molecule has 1 N–H and O–H groups in total. The Labute approximate surface area is 115 Å². The van der Waals surface area contributed by atoms with Crippen molar-refractivity contribution in [2.45, 2.75) is 6.92 Å². The van der Waals surface area contributed by atoms with Gasteiger partial charge in [-0.1, -0.05) is 27.9 Å². The molecular weight excluding hydrogens is 271 g/mol. The summed E-state index contributed by atoms with van der Waals surface area (Å²) in [6, 6.07) is 10.4. The number of hydrogen-bond donors (Lipinski definition) is 1. The fourth-order valence-corrected chi connectivity index (χ4v) is 1.76. The number of carbonyl (C=O) groups excluding carboxylic acids is 1. The minimum atomic E-state index is -0.243. The highest BCUT2D eigenvalue weighted by atomic mass is 35.5. The van der Waals surface area contributed by atoms with E-state index in [0.717, 1.165) is 5.69 Å². The average molecular weight is 282 g/mol. The van der Waals surface area contributed by atoms with Crippen LogP contribution in [0.4, 0.5) is 0 Å². The standard InChI is InChI=1S/C13H10Cl2N2O/c1-9-4-2-3-7-17(9)16-13(18)10-5-6-11(14)12(15)8-10/h2-8H,1H3/p+1. The molecule has 0 spiro atoms. The quantitative estimate of drug-likeness (QED) is 0.844. The molecule has 0 saturated carbocycles. The number of carbonyl (C=O) groups is 1. The van der Waals surface area contributed by atoms with Crippen molar-refractivity contribution >= 4 is 29.1 Å². The fourth-order valence-electron chi connectivity index (χ4n) is 1.47. The molecule has 0 aliphatic carbocycles. The maximum absolute atomic E-state index is 12.0. The van der Waals surface area contributed by atoms with Gasteiger partial charge in [-0.15, -0.1) is 5.43 Å². The molecule has 18 heavy (non-hydrogen) atoms. The lowest BCUT2D eigenvalue weighted by Gasteiger charge is -2.03. The molecule has 1 heterocycles. The number of pyridine rings is 1. The van der Waals surface area contributed by atoms with Gasteiger partial charge in [-0.3, -0.25) is 4.79 Å². The molecule has 0 saturated heterocycles. The van der Waals surface area contributed by atoms with Gasteiger partial charge in [0.15, 0.2) is 6.20 Å². The van der Waals surface area contributed by atoms with Crippen LogP contribution in [0.5, 0.6) is 0 Å². The van der Waals surface area contributed by atoms with E-state index in [1.807, 2.05) is 25.1 Å². The molecule has 3 nitrogen and oxygen atoms in total. The molecule has 2 rings (SSSR count). The molecule has 0 bridgehead atoms. The maximum atomic E-state index is 12.0. The van der Waals surface area contributed by atoms with E-state index in [-0.39, 0.29) is 5.91 Å². The fraction of sp³-hybridized carbons (Fsp3) is 0.0769. The summed E-state index contributed by atoms with van der Waals surface area (Å²) >= 11 is 11.7. The maximum Gasteiger partial charge on any atom is 0.305 e. The van der Waals surface area contributed by atoms with Gasteiger partial charge in [-0.05, 0) is 24.3 Å². The van der Waals surface area contributed by atoms with Gasteiger partial charge >= 0.3 is 5.91 Å². The minimum Gasteiger partial charge on any atom is -0.264 e. The van der Waals surface area contributed by atoms with Crippen LogP contribution in [0.15, 0.2) is 42.6 Å². The van der Waals surface area contributed by atoms with E-state index in [2.05, 4.69) is 5.43 Å². The number of aromatic nitrogens is 1. The van der Waals surface area contributed by atoms with Crippen molar-refractivity contribution in [3.05, 3.63) is 63.9 Å². The lowest BCUT2D eigenvalue weighted by molar-refractivity contribution is -0.647. The number of rotatable bonds is 2. The van der Waals surface area contributed by atoms with Crippen molar-refractivity contribution in [1.82, 2.24) is 0 Å². The number of hydrogen-bond acceptors (Lipinski definition) is 1. The van der Waals surface area contributed by atoms with Crippen molar-refractivity contribution in [2.24, 2.45) is 0 Å². The molecule has 0 fully saturated rings. The molecule has 5 heteroatoms. The molecule has 0 radical (unpaired) electrons. The molecule has 2 aromatic rings. The van der Waals surface area contributed by atoms with Gasteiger partial charge in [-0.25, -0.2) is 0 Å². The van der Waals surface area contributed by atoms with Gasteiger partial charge in [0.2, 0.25) is 5.69 Å². The van der Waals surface area contributed by atoms with Crippen molar-refractivity contribution in [1.29, 1.82) is 0 Å². The van der Waals surface area contributed by atoms with Crippen LogP contribution in [-0.4, -0.2) is 5.91 Å². The second-order valence-corrected chi connectivity index (χ2v) is 4.60. The highest BCUT2D eigenvalue weighted by molar-refractivity contribution is 6.42. The van der Waals surface area contributed by atoms with Crippen LogP contribution >= 0.6 is 23.2 Å². The van der Waals surface area contributed by atoms with Crippen molar-refractivity contribution in [3.63, 3.8) is 0 Å². The normalized spacial score (nSPS) is 10.2. The number of nitrogens with one attached hydrogen (secondary N) is 1. The van der Waals surface area contributed by atoms with Gasteiger partial charge < -0.3 is 0 Å². The molecule has 1 aromatic carbocycles. The highest BCUT2D eigenvalue weighted by Crippen LogP contribution is 2.22. The lowest BCUT2D eigenvalue weighted by atomic mass is 10.2. The first-order valence-electron chi connectivity index (χ1n) is 5.31. The molecule has 92 valence electrons. The monoisotopic (exact) mass is 281 g/mol. The van der Waals surface area contributed by atoms with Crippen molar-refractivity contribution in [3.8, 4) is 0 Å². The van der Waals surface area contributed by atoms with E-state index in [9.17, 15) is 4.79 Å². The van der Waals surface area contributed by atoms with Crippen LogP contribution in [0.2, 0.25) is 10.0 Å². The van der Waals surface area contributed by atoms with Gasteiger partial charge in [-0.2, -0.15) is 0 Å². The Morgan fingerprint density at radius 3 is 2.61 bits per heavy atom. The van der Waals surface area contributed by atoms with E-state index in [4.69, 9.17) is 23.2 Å². The Morgan fingerprint density at radius 1 is 1.17 bits per heavy atom. The Bertz CT molecular complexity index is 599. The molecule has 0 atom stereocenters. The van der Waals surface area contributed by atoms with Crippen LogP contribution < -0.4 is 10.1 Å². The van der Waals surface area contributed by atoms with Gasteiger partial charge in [0.05, 0.1) is 10.0 Å². The molecular formula is C13H11Cl2N2O+. The zero-order valence-corrected chi connectivity index (χ0v) is 11.2. The average Bonchev–Trinajstić information content (AvgIpc) is 2.35. The topological polar surface area (TPSA) is 33.0 Å². The lowest BCUT2D eigenvalue weighted by Crippen LogP contribution is -2.50. The van der Waals surface area contributed by atoms with Crippen LogP contribution in [0.3, 0.4) is 0 Å². The summed E-state index contributed by atoms with van der Waals surface area (Å²) < 4.78 is 1.64. The van der Waals surface area contributed by atoms with Gasteiger partial charge in [0.1, 0.15) is 0 Å². The molecule has 0 aliphatic heterocycles. The summed E-state index contributed by atoms with van der Waals surface area (Å²) in [6.07, 6.45) is 1.77. The van der Waals surface area contributed by atoms with Crippen LogP contribution in [0.25, 0.3) is 0 Å². The SMILES string of the molecule is Cc1cccc[n+]1NC(=O)c1ccc(Cl)c(Cl)c1. The number of benzene rings is 1. The van der Waals surface area contributed by atoms with Crippen molar-refractivity contribution < 1.29 is 9.47 Å². The Kier molecular flexibility index (Phi) is 3.84. The second kappa shape index (κ2) is 5.38. The predicted molar refractivity (Wildman–Crippen MR) is 71.5 cm³/mol. The summed E-state index contributed by atoms with van der Waals surface area (Å²) in [5.41, 5.74) is 4.13. The number of nitrogens with zero attached hydrogens (tertiary/aromatic N) is 1. The summed E-state index contributed by atoms with van der Waals surface area (Å²) in [6.45, 7) is 1.90. The predicted octanol–water partition coefficient (Wildman–Crippen LogP) is 2.97. The summed E-state index contributed by atoms with van der Waals surface area (Å²) in [5, 5.41) is 0.788. The van der Waals surface area contributed by atoms with E-state index in [0.29, 0.717) is 15.6 Å². The molecule has 0 unspecified atom stereocenters. The minimum absolute atomic E-state index is 0.243. The number of halogens is 2. The van der Waals surface area contributed by atoms with Gasteiger partial charge in [0.25, 0.3) is 0 Å². The van der Waals surface area contributed by atoms with Crippen molar-refractivity contribution in [2.75, 3.05) is 5.43 Å². The smallest absolute Gasteiger partial charge is 0.264 e. The Hall–Kier alpha value is -1.58. The second-order valence-electron chi connectivity index (χ2n) is 3.78. The summed E-state index contributed by atoms with van der Waals surface area (Å²) in [4.78, 5) is 12.0. The van der Waals surface area contributed by atoms with Crippen LogP contribution in [0.1, 0.15) is 16.1 Å². The largest absolute Gasteiger partial charge is 0.305 e. The zero-order valence-electron chi connectivity index (χ0n) is 9.65. The van der Waals surface area contributed by atoms with Gasteiger partial charge in [0, 0.05) is 24.6 Å². The number of aryl methyl sites for hydroxylation is 1. The third kappa shape index (κ3) is 2.81. The van der Waals surface area contributed by atoms with E-state index < -0.39 is 0 Å². The first-order valence-corrected chi connectivity index (χ1v) is 6.07. The first kappa shape index (κ1) is 12.9. The van der Waals surface area contributed by atoms with Crippen LogP contribution in [0, 0.1) is 6.92 Å². The summed E-state index contributed by atoms with van der Waals surface area (Å²) in [5.74, 6) is -0.243. The summed E-state index contributed by atoms with van der Waals surface area (Å²) in [7, 11) is 0. The zero-order chi connectivity index (χ0) is 13.1. The Morgan fingerprint density at radius 2 is 1.94 bits per heavy atom. The third-order valence-electron chi connectivity index (χ3n) is 2.47. The first-order chi connectivity index (χ1) is 8.58. The van der Waals surface area contributed by atoms with Crippen LogP contribution in [-0.2, 0) is 0 Å². The van der Waals surface area contributed by atoms with E-state index in [1.54, 1.807) is 23.0 Å².